The standard InChI is InChI=1S/C24H18N4O2S/c1-13-8-14(2)20-16(9-13)10-17(22(29)26-20)11-18-21(25)28-19(15-6-4-3-5-7-15)12-31-24(28)27-23(18)30/h3-12H,25H2,1-2H3. The Labute approximate surface area is 181 Å². The third-order valence-electron chi connectivity index (χ3n) is 5.27. The summed E-state index contributed by atoms with van der Waals surface area (Å²) in [6.07, 6.45) is 3.25. The van der Waals surface area contributed by atoms with Gasteiger partial charge in [0.1, 0.15) is 5.82 Å². The van der Waals surface area contributed by atoms with Gasteiger partial charge < -0.3 is 5.73 Å². The molecule has 2 aromatic carbocycles. The van der Waals surface area contributed by atoms with Crippen LogP contribution in [0.4, 0.5) is 5.82 Å². The summed E-state index contributed by atoms with van der Waals surface area (Å²) in [6.45, 7) is 3.92. The number of rotatable bonds is 2. The maximum Gasteiger partial charge on any atom is 0.283 e. The fourth-order valence-electron chi connectivity index (χ4n) is 3.85. The Balaban J connectivity index is 1.74. The first-order chi connectivity index (χ1) is 14.9. The Kier molecular flexibility index (Phi) is 4.41. The van der Waals surface area contributed by atoms with E-state index < -0.39 is 11.5 Å². The number of carbonyl (C=O) groups excluding carboxylic acids is 1. The molecule has 152 valence electrons. The quantitative estimate of drug-likeness (QED) is 0.499. The Morgan fingerprint density at radius 3 is 2.65 bits per heavy atom. The zero-order valence-corrected chi connectivity index (χ0v) is 17.7. The molecular weight excluding hydrogens is 408 g/mol. The lowest BCUT2D eigenvalue weighted by atomic mass is 10.0. The van der Waals surface area contributed by atoms with Gasteiger partial charge in [0.15, 0.2) is 4.96 Å². The zero-order chi connectivity index (χ0) is 21.7. The number of aryl methyl sites for hydroxylation is 2. The lowest BCUT2D eigenvalue weighted by Gasteiger charge is -2.09. The van der Waals surface area contributed by atoms with Gasteiger partial charge in [-0.25, -0.2) is 4.99 Å². The molecule has 1 aliphatic heterocycles. The van der Waals surface area contributed by atoms with Gasteiger partial charge in [0.25, 0.3) is 11.5 Å². The van der Waals surface area contributed by atoms with E-state index >= 15 is 0 Å². The van der Waals surface area contributed by atoms with Crippen LogP contribution in [0.1, 0.15) is 16.7 Å². The predicted octanol–water partition coefficient (Wildman–Crippen LogP) is 2.65. The van der Waals surface area contributed by atoms with Gasteiger partial charge in [-0.3, -0.25) is 14.0 Å². The van der Waals surface area contributed by atoms with E-state index in [1.807, 2.05) is 61.7 Å². The van der Waals surface area contributed by atoms with Crippen LogP contribution >= 0.6 is 11.3 Å². The maximum absolute atomic E-state index is 12.7. The summed E-state index contributed by atoms with van der Waals surface area (Å²) in [5.74, 6) is -0.160. The average molecular weight is 427 g/mol. The average Bonchev–Trinajstić information content (AvgIpc) is 3.16. The molecular formula is C24H18N4O2S. The van der Waals surface area contributed by atoms with E-state index in [-0.39, 0.29) is 11.4 Å². The second kappa shape index (κ2) is 7.14. The number of carbonyl (C=O) groups is 1. The van der Waals surface area contributed by atoms with Gasteiger partial charge in [-0.15, -0.1) is 11.3 Å². The molecule has 2 N–H and O–H groups in total. The van der Waals surface area contributed by atoms with Crippen molar-refractivity contribution in [3.05, 3.63) is 91.0 Å². The minimum atomic E-state index is -0.473. The van der Waals surface area contributed by atoms with E-state index in [1.165, 1.54) is 17.4 Å². The van der Waals surface area contributed by atoms with Gasteiger partial charge in [0.05, 0.1) is 16.6 Å². The van der Waals surface area contributed by atoms with E-state index in [4.69, 9.17) is 5.73 Å². The Hall–Kier alpha value is -3.84. The van der Waals surface area contributed by atoms with Crippen molar-refractivity contribution in [1.82, 2.24) is 9.38 Å². The lowest BCUT2D eigenvalue weighted by molar-refractivity contribution is -0.114. The monoisotopic (exact) mass is 426 g/mol. The van der Waals surface area contributed by atoms with Crippen LogP contribution in [0.25, 0.3) is 28.4 Å². The van der Waals surface area contributed by atoms with Crippen molar-refractivity contribution < 1.29 is 4.79 Å². The molecule has 5 rings (SSSR count). The van der Waals surface area contributed by atoms with Gasteiger partial charge in [-0.05, 0) is 43.2 Å². The molecule has 0 radical (unpaired) electrons. The van der Waals surface area contributed by atoms with Crippen LogP contribution in [-0.2, 0) is 4.79 Å². The van der Waals surface area contributed by atoms with Gasteiger partial charge in [-0.1, -0.05) is 42.0 Å². The number of thiazole rings is 1. The van der Waals surface area contributed by atoms with Crippen LogP contribution in [0, 0.1) is 13.8 Å². The van der Waals surface area contributed by atoms with Crippen LogP contribution in [0.15, 0.2) is 63.2 Å². The second-order valence-corrected chi connectivity index (χ2v) is 8.34. The summed E-state index contributed by atoms with van der Waals surface area (Å²) in [7, 11) is 0. The van der Waals surface area contributed by atoms with Gasteiger partial charge in [-0.2, -0.15) is 4.98 Å². The van der Waals surface area contributed by atoms with Gasteiger partial charge in [0.2, 0.25) is 0 Å². The van der Waals surface area contributed by atoms with Crippen LogP contribution in [-0.4, -0.2) is 15.3 Å². The molecule has 0 saturated carbocycles. The molecule has 0 atom stereocenters. The molecule has 2 aromatic heterocycles. The largest absolute Gasteiger partial charge is 0.384 e. The first-order valence-electron chi connectivity index (χ1n) is 9.71. The van der Waals surface area contributed by atoms with Crippen molar-refractivity contribution in [2.75, 3.05) is 5.73 Å². The molecule has 0 aliphatic carbocycles. The smallest absolute Gasteiger partial charge is 0.283 e. The Morgan fingerprint density at radius 2 is 1.87 bits per heavy atom. The summed E-state index contributed by atoms with van der Waals surface area (Å²) in [4.78, 5) is 34.4. The van der Waals surface area contributed by atoms with Crippen molar-refractivity contribution in [3.8, 4) is 11.3 Å². The number of fused-ring (bicyclic) bond motifs is 2. The number of benzene rings is 2. The molecule has 1 amide bonds. The summed E-state index contributed by atoms with van der Waals surface area (Å²) in [6, 6.07) is 13.7. The molecule has 31 heavy (non-hydrogen) atoms. The first-order valence-corrected chi connectivity index (χ1v) is 10.6. The normalized spacial score (nSPS) is 14.4. The van der Waals surface area contributed by atoms with Crippen LogP contribution in [0.3, 0.4) is 0 Å². The highest BCUT2D eigenvalue weighted by Gasteiger charge is 2.18. The topological polar surface area (TPSA) is 89.8 Å². The Bertz CT molecular complexity index is 1590. The molecule has 0 bridgehead atoms. The highest BCUT2D eigenvalue weighted by molar-refractivity contribution is 7.15. The highest BCUT2D eigenvalue weighted by Crippen LogP contribution is 2.28. The van der Waals surface area contributed by atoms with Crippen molar-refractivity contribution in [3.63, 3.8) is 0 Å². The van der Waals surface area contributed by atoms with Crippen molar-refractivity contribution in [2.24, 2.45) is 4.99 Å². The number of nitrogens with two attached hydrogens (primary N) is 1. The third kappa shape index (κ3) is 3.19. The van der Waals surface area contributed by atoms with E-state index in [2.05, 4.69) is 9.98 Å². The minimum absolute atomic E-state index is 0.177. The third-order valence-corrected chi connectivity index (χ3v) is 6.09. The minimum Gasteiger partial charge on any atom is -0.384 e. The fraction of sp³-hybridized carbons (Fsp3) is 0.0833. The molecule has 1 aliphatic rings. The first kappa shape index (κ1) is 19.1. The molecule has 4 aromatic rings. The van der Waals surface area contributed by atoms with Gasteiger partial charge in [0, 0.05) is 16.2 Å². The fourth-order valence-corrected chi connectivity index (χ4v) is 4.75. The maximum atomic E-state index is 12.7. The van der Waals surface area contributed by atoms with E-state index in [0.717, 1.165) is 27.6 Å². The van der Waals surface area contributed by atoms with E-state index in [0.29, 0.717) is 15.9 Å². The number of nitrogen functional groups attached to an aromatic ring is 1. The predicted molar refractivity (Wildman–Crippen MR) is 123 cm³/mol. The number of nitrogens with zero attached hydrogens (tertiary/aromatic N) is 3. The molecule has 0 saturated heterocycles. The molecule has 3 heterocycles. The van der Waals surface area contributed by atoms with Crippen LogP contribution < -0.4 is 21.9 Å². The Morgan fingerprint density at radius 1 is 1.10 bits per heavy atom. The number of hydrogen-bond donors (Lipinski definition) is 1. The van der Waals surface area contributed by atoms with E-state index in [1.54, 1.807) is 10.5 Å². The number of aromatic nitrogens is 2. The molecule has 0 fully saturated rings. The van der Waals surface area contributed by atoms with Gasteiger partial charge >= 0.3 is 0 Å². The summed E-state index contributed by atoms with van der Waals surface area (Å²) >= 11 is 1.34. The van der Waals surface area contributed by atoms with Crippen LogP contribution in [0.2, 0.25) is 0 Å². The SMILES string of the molecule is Cc1cc(C)c2c(c1)=CC(=Cc1c(N)n3c(-c4ccccc4)csc3nc1=O)C(=O)N=2. The number of hydrogen-bond acceptors (Lipinski definition) is 5. The second-order valence-electron chi connectivity index (χ2n) is 7.50. The molecule has 0 unspecified atom stereocenters. The molecule has 7 heteroatoms. The van der Waals surface area contributed by atoms with Crippen molar-refractivity contribution >= 4 is 40.2 Å². The summed E-state index contributed by atoms with van der Waals surface area (Å²) in [5.41, 5.74) is 10.3. The molecule has 6 nitrogen and oxygen atoms in total. The zero-order valence-electron chi connectivity index (χ0n) is 16.9. The summed E-state index contributed by atoms with van der Waals surface area (Å²) in [5, 5.41) is 3.42. The van der Waals surface area contributed by atoms with Crippen molar-refractivity contribution in [1.29, 1.82) is 0 Å². The van der Waals surface area contributed by atoms with Crippen molar-refractivity contribution in [2.45, 2.75) is 13.8 Å². The lowest BCUT2D eigenvalue weighted by Crippen LogP contribution is -2.33. The number of amides is 1. The summed E-state index contributed by atoms with van der Waals surface area (Å²) < 4.78 is 1.75. The van der Waals surface area contributed by atoms with E-state index in [9.17, 15) is 9.59 Å². The molecule has 0 spiro atoms. The van der Waals surface area contributed by atoms with Crippen LogP contribution in [0.5, 0.6) is 0 Å². The highest BCUT2D eigenvalue weighted by atomic mass is 32.1. The number of anilines is 1.